The van der Waals surface area contributed by atoms with E-state index in [1.54, 1.807) is 24.3 Å². The highest BCUT2D eigenvalue weighted by Crippen LogP contribution is 2.24. The summed E-state index contributed by atoms with van der Waals surface area (Å²) in [6, 6.07) is 12.4. The van der Waals surface area contributed by atoms with Crippen molar-refractivity contribution in [2.24, 2.45) is 5.10 Å². The molecule has 8 nitrogen and oxygen atoms in total. The molecule has 1 amide bonds. The molecule has 132 valence electrons. The van der Waals surface area contributed by atoms with Crippen LogP contribution in [0, 0.1) is 21.4 Å². The Morgan fingerprint density at radius 1 is 1.38 bits per heavy atom. The summed E-state index contributed by atoms with van der Waals surface area (Å²) in [4.78, 5) is 22.2. The van der Waals surface area contributed by atoms with E-state index in [9.17, 15) is 14.9 Å². The number of nitrogens with zero attached hydrogens (tertiary/aromatic N) is 3. The Morgan fingerprint density at radius 2 is 2.08 bits per heavy atom. The van der Waals surface area contributed by atoms with E-state index in [2.05, 4.69) is 10.5 Å². The van der Waals surface area contributed by atoms with Gasteiger partial charge in [-0.2, -0.15) is 10.4 Å². The number of benzene rings is 2. The van der Waals surface area contributed by atoms with Crippen molar-refractivity contribution in [2.45, 2.75) is 13.0 Å². The van der Waals surface area contributed by atoms with E-state index in [1.807, 2.05) is 6.07 Å². The minimum absolute atomic E-state index is 0.0145. The number of nitro benzene ring substituents is 1. The average Bonchev–Trinajstić information content (AvgIpc) is 2.63. The van der Waals surface area contributed by atoms with Crippen molar-refractivity contribution in [3.8, 4) is 11.8 Å². The molecule has 0 spiro atoms. The summed E-state index contributed by atoms with van der Waals surface area (Å²) in [6.07, 6.45) is 0.426. The molecular formula is C17H13ClN4O4. The zero-order chi connectivity index (χ0) is 19.1. The fourth-order valence-electron chi connectivity index (χ4n) is 1.88. The van der Waals surface area contributed by atoms with Gasteiger partial charge in [-0.15, -0.1) is 0 Å². The van der Waals surface area contributed by atoms with E-state index in [-0.39, 0.29) is 10.7 Å². The maximum atomic E-state index is 12.0. The van der Waals surface area contributed by atoms with Crippen LogP contribution in [0.15, 0.2) is 47.6 Å². The molecule has 0 saturated carbocycles. The first-order valence-electron chi connectivity index (χ1n) is 7.34. The van der Waals surface area contributed by atoms with Crippen LogP contribution in [0.5, 0.6) is 5.75 Å². The van der Waals surface area contributed by atoms with Crippen LogP contribution in [0.4, 0.5) is 5.69 Å². The number of hydrazone groups is 1. The van der Waals surface area contributed by atoms with Crippen LogP contribution in [-0.4, -0.2) is 23.1 Å². The van der Waals surface area contributed by atoms with Gasteiger partial charge in [-0.05, 0) is 37.3 Å². The molecule has 1 atom stereocenters. The second-order valence-electron chi connectivity index (χ2n) is 5.10. The Balaban J connectivity index is 1.94. The van der Waals surface area contributed by atoms with E-state index in [0.29, 0.717) is 16.9 Å². The molecule has 2 aromatic carbocycles. The molecule has 0 aliphatic carbocycles. The molecule has 0 bridgehead atoms. The Kier molecular flexibility index (Phi) is 6.25. The van der Waals surface area contributed by atoms with Gasteiger partial charge in [0.05, 0.1) is 22.8 Å². The summed E-state index contributed by atoms with van der Waals surface area (Å²) in [5.41, 5.74) is 2.92. The lowest BCUT2D eigenvalue weighted by molar-refractivity contribution is -0.384. The first kappa shape index (κ1) is 18.9. The predicted octanol–water partition coefficient (Wildman–Crippen LogP) is 3.04. The van der Waals surface area contributed by atoms with Gasteiger partial charge in [0.2, 0.25) is 0 Å². The van der Waals surface area contributed by atoms with Crippen LogP contribution in [0.3, 0.4) is 0 Å². The second kappa shape index (κ2) is 8.60. The van der Waals surface area contributed by atoms with Gasteiger partial charge >= 0.3 is 0 Å². The Morgan fingerprint density at radius 3 is 2.69 bits per heavy atom. The van der Waals surface area contributed by atoms with Crippen molar-refractivity contribution in [3.05, 3.63) is 68.7 Å². The van der Waals surface area contributed by atoms with Gasteiger partial charge in [-0.1, -0.05) is 17.7 Å². The Labute approximate surface area is 153 Å². The van der Waals surface area contributed by atoms with Crippen LogP contribution in [-0.2, 0) is 4.79 Å². The maximum Gasteiger partial charge on any atom is 0.288 e. The number of carbonyl (C=O) groups is 1. The smallest absolute Gasteiger partial charge is 0.288 e. The first-order valence-corrected chi connectivity index (χ1v) is 7.72. The molecule has 0 aliphatic rings. The average molecular weight is 373 g/mol. The van der Waals surface area contributed by atoms with Gasteiger partial charge in [0.15, 0.2) is 6.10 Å². The SMILES string of the molecule is CC(Oc1ccc(C#N)cc1)C(=O)NN=Cc1ccc(Cl)c([N+](=O)[O-])c1. The van der Waals surface area contributed by atoms with Crippen molar-refractivity contribution < 1.29 is 14.5 Å². The van der Waals surface area contributed by atoms with Crippen molar-refractivity contribution >= 4 is 29.4 Å². The molecule has 2 aromatic rings. The lowest BCUT2D eigenvalue weighted by Crippen LogP contribution is -2.33. The fraction of sp³-hybridized carbons (Fsp3) is 0.118. The number of rotatable bonds is 6. The lowest BCUT2D eigenvalue weighted by Gasteiger charge is -2.12. The number of hydrogen-bond donors (Lipinski definition) is 1. The van der Waals surface area contributed by atoms with Gasteiger partial charge in [0, 0.05) is 11.6 Å². The summed E-state index contributed by atoms with van der Waals surface area (Å²) in [5.74, 6) is -0.0713. The van der Waals surface area contributed by atoms with Crippen molar-refractivity contribution in [1.82, 2.24) is 5.43 Å². The number of nitro groups is 1. The van der Waals surface area contributed by atoms with E-state index in [4.69, 9.17) is 21.6 Å². The molecule has 2 rings (SSSR count). The van der Waals surface area contributed by atoms with Crippen LogP contribution >= 0.6 is 11.6 Å². The molecule has 26 heavy (non-hydrogen) atoms. The van der Waals surface area contributed by atoms with Gasteiger partial charge in [0.25, 0.3) is 11.6 Å². The number of halogens is 1. The monoisotopic (exact) mass is 372 g/mol. The van der Waals surface area contributed by atoms with Gasteiger partial charge in [-0.25, -0.2) is 5.43 Å². The van der Waals surface area contributed by atoms with Crippen molar-refractivity contribution in [3.63, 3.8) is 0 Å². The highest BCUT2D eigenvalue weighted by molar-refractivity contribution is 6.32. The first-order chi connectivity index (χ1) is 12.4. The number of nitriles is 1. The summed E-state index contributed by atoms with van der Waals surface area (Å²) in [5, 5.41) is 23.3. The normalized spacial score (nSPS) is 11.6. The molecule has 9 heteroatoms. The summed E-state index contributed by atoms with van der Waals surface area (Å²) >= 11 is 5.72. The van der Waals surface area contributed by atoms with Gasteiger partial charge in [-0.3, -0.25) is 14.9 Å². The Hall–Kier alpha value is -3.44. The minimum atomic E-state index is -0.834. The maximum absolute atomic E-state index is 12.0. The van der Waals surface area contributed by atoms with Crippen molar-refractivity contribution in [2.75, 3.05) is 0 Å². The summed E-state index contributed by atoms with van der Waals surface area (Å²) < 4.78 is 5.44. The van der Waals surface area contributed by atoms with Gasteiger partial charge < -0.3 is 4.74 Å². The van der Waals surface area contributed by atoms with Crippen molar-refractivity contribution in [1.29, 1.82) is 5.26 Å². The third kappa shape index (κ3) is 5.03. The number of nitrogens with one attached hydrogen (secondary N) is 1. The van der Waals surface area contributed by atoms with Crippen LogP contribution in [0.25, 0.3) is 0 Å². The van der Waals surface area contributed by atoms with Crippen LogP contribution < -0.4 is 10.2 Å². The zero-order valence-electron chi connectivity index (χ0n) is 13.5. The molecule has 1 N–H and O–H groups in total. The zero-order valence-corrected chi connectivity index (χ0v) is 14.3. The van der Waals surface area contributed by atoms with E-state index in [0.717, 1.165) is 0 Å². The molecule has 0 fully saturated rings. The predicted molar refractivity (Wildman–Crippen MR) is 95.1 cm³/mol. The summed E-state index contributed by atoms with van der Waals surface area (Å²) in [7, 11) is 0. The van der Waals surface area contributed by atoms with E-state index < -0.39 is 16.9 Å². The summed E-state index contributed by atoms with van der Waals surface area (Å²) in [6.45, 7) is 1.54. The molecule has 0 heterocycles. The van der Waals surface area contributed by atoms with E-state index >= 15 is 0 Å². The molecular weight excluding hydrogens is 360 g/mol. The second-order valence-corrected chi connectivity index (χ2v) is 5.51. The highest BCUT2D eigenvalue weighted by atomic mass is 35.5. The number of carbonyl (C=O) groups excluding carboxylic acids is 1. The highest BCUT2D eigenvalue weighted by Gasteiger charge is 2.14. The van der Waals surface area contributed by atoms with Gasteiger partial charge in [0.1, 0.15) is 10.8 Å². The number of amides is 1. The molecule has 0 aliphatic heterocycles. The topological polar surface area (TPSA) is 118 Å². The van der Waals surface area contributed by atoms with Crippen LogP contribution in [0.2, 0.25) is 5.02 Å². The lowest BCUT2D eigenvalue weighted by atomic mass is 10.2. The standard InChI is InChI=1S/C17H13ClN4O4/c1-11(26-14-5-2-12(9-19)3-6-14)17(23)21-20-10-13-4-7-15(18)16(8-13)22(24)25/h2-8,10-11H,1H3,(H,21,23). The van der Waals surface area contributed by atoms with Crippen LogP contribution in [0.1, 0.15) is 18.1 Å². The number of hydrogen-bond acceptors (Lipinski definition) is 6. The largest absolute Gasteiger partial charge is 0.481 e. The molecule has 0 radical (unpaired) electrons. The fourth-order valence-corrected chi connectivity index (χ4v) is 2.06. The van der Waals surface area contributed by atoms with E-state index in [1.165, 1.54) is 31.3 Å². The minimum Gasteiger partial charge on any atom is -0.481 e. The quantitative estimate of drug-likeness (QED) is 0.475. The third-order valence-corrected chi connectivity index (χ3v) is 3.54. The Bertz CT molecular complexity index is 891. The molecule has 1 unspecified atom stereocenters. The molecule has 0 saturated heterocycles. The number of ether oxygens (including phenoxy) is 1. The molecule has 0 aromatic heterocycles. The third-order valence-electron chi connectivity index (χ3n) is 3.22.